The molecule has 0 aliphatic carbocycles. The lowest BCUT2D eigenvalue weighted by Gasteiger charge is -2.35. The molecular weight excluding hydrogens is 314 g/mol. The molecule has 1 aliphatic heterocycles. The maximum atomic E-state index is 12.4. The van der Waals surface area contributed by atoms with E-state index in [4.69, 9.17) is 9.52 Å². The molecule has 1 saturated heterocycles. The largest absolute Gasteiger partial charge is 0.481 e. The number of amides is 1. The summed E-state index contributed by atoms with van der Waals surface area (Å²) in [4.78, 5) is 24.8. The van der Waals surface area contributed by atoms with Gasteiger partial charge in [-0.1, -0.05) is 0 Å². The van der Waals surface area contributed by atoms with Gasteiger partial charge in [-0.05, 0) is 47.7 Å². The predicted molar refractivity (Wildman–Crippen MR) is 72.0 cm³/mol. The topological polar surface area (TPSA) is 70.8 Å². The van der Waals surface area contributed by atoms with E-state index in [1.54, 1.807) is 11.0 Å². The van der Waals surface area contributed by atoms with Crippen LogP contribution >= 0.6 is 15.9 Å². The standard InChI is InChI=1S/C13H16BrNO4/c14-10-6-8-19-12(10)13(18)15-7-2-1-3-9(15)4-5-11(16)17/h6,8-9H,1-5,7H2,(H,16,17). The van der Waals surface area contributed by atoms with E-state index >= 15 is 0 Å². The minimum Gasteiger partial charge on any atom is -0.481 e. The van der Waals surface area contributed by atoms with Gasteiger partial charge in [0.05, 0.1) is 10.7 Å². The zero-order valence-corrected chi connectivity index (χ0v) is 12.1. The van der Waals surface area contributed by atoms with E-state index in [1.165, 1.54) is 6.26 Å². The van der Waals surface area contributed by atoms with Crippen LogP contribution in [0.5, 0.6) is 0 Å². The first-order chi connectivity index (χ1) is 9.09. The molecule has 1 amide bonds. The Bertz CT molecular complexity index is 471. The molecule has 0 aromatic carbocycles. The van der Waals surface area contributed by atoms with Gasteiger partial charge in [0.25, 0.3) is 5.91 Å². The van der Waals surface area contributed by atoms with Crippen molar-refractivity contribution in [2.45, 2.75) is 38.1 Å². The van der Waals surface area contributed by atoms with E-state index < -0.39 is 5.97 Å². The fourth-order valence-electron chi connectivity index (χ4n) is 2.43. The van der Waals surface area contributed by atoms with Crippen LogP contribution in [0.3, 0.4) is 0 Å². The average molecular weight is 330 g/mol. The van der Waals surface area contributed by atoms with Crippen molar-refractivity contribution in [3.05, 3.63) is 22.6 Å². The molecule has 19 heavy (non-hydrogen) atoms. The molecule has 1 atom stereocenters. The number of carboxylic acids is 1. The highest BCUT2D eigenvalue weighted by Crippen LogP contribution is 2.26. The third-order valence-electron chi connectivity index (χ3n) is 3.39. The van der Waals surface area contributed by atoms with Crippen LogP contribution in [0.15, 0.2) is 21.2 Å². The van der Waals surface area contributed by atoms with Crippen LogP contribution in [-0.4, -0.2) is 34.5 Å². The summed E-state index contributed by atoms with van der Waals surface area (Å²) in [6.07, 6.45) is 4.90. The van der Waals surface area contributed by atoms with Gasteiger partial charge in [-0.25, -0.2) is 0 Å². The Morgan fingerprint density at radius 3 is 2.89 bits per heavy atom. The number of halogens is 1. The molecule has 0 bridgehead atoms. The van der Waals surface area contributed by atoms with Crippen molar-refractivity contribution in [2.75, 3.05) is 6.54 Å². The van der Waals surface area contributed by atoms with Gasteiger partial charge in [0.1, 0.15) is 0 Å². The first-order valence-corrected chi connectivity index (χ1v) is 7.14. The second kappa shape index (κ2) is 6.23. The second-order valence-electron chi connectivity index (χ2n) is 4.68. The van der Waals surface area contributed by atoms with Crippen LogP contribution in [0.25, 0.3) is 0 Å². The molecule has 0 radical (unpaired) electrons. The first kappa shape index (κ1) is 14.1. The number of hydrogen-bond donors (Lipinski definition) is 1. The summed E-state index contributed by atoms with van der Waals surface area (Å²) in [5, 5.41) is 8.77. The maximum absolute atomic E-state index is 12.4. The highest BCUT2D eigenvalue weighted by Gasteiger charge is 2.30. The Morgan fingerprint density at radius 2 is 2.26 bits per heavy atom. The predicted octanol–water partition coefficient (Wildman–Crippen LogP) is 2.90. The summed E-state index contributed by atoms with van der Waals surface area (Å²) in [5.41, 5.74) is 0. The zero-order chi connectivity index (χ0) is 13.8. The highest BCUT2D eigenvalue weighted by atomic mass is 79.9. The van der Waals surface area contributed by atoms with Crippen molar-refractivity contribution in [3.63, 3.8) is 0 Å². The lowest BCUT2D eigenvalue weighted by atomic mass is 9.97. The van der Waals surface area contributed by atoms with Gasteiger partial charge < -0.3 is 14.4 Å². The molecule has 5 nitrogen and oxygen atoms in total. The zero-order valence-electron chi connectivity index (χ0n) is 10.5. The molecule has 1 aromatic rings. The number of hydrogen-bond acceptors (Lipinski definition) is 3. The average Bonchev–Trinajstić information content (AvgIpc) is 2.82. The molecule has 1 aromatic heterocycles. The number of carbonyl (C=O) groups is 2. The number of piperidine rings is 1. The molecule has 0 spiro atoms. The van der Waals surface area contributed by atoms with Gasteiger partial charge in [0, 0.05) is 19.0 Å². The van der Waals surface area contributed by atoms with Crippen molar-refractivity contribution >= 4 is 27.8 Å². The fourth-order valence-corrected chi connectivity index (χ4v) is 2.81. The van der Waals surface area contributed by atoms with Gasteiger partial charge in [0.2, 0.25) is 5.76 Å². The third-order valence-corrected chi connectivity index (χ3v) is 4.02. The summed E-state index contributed by atoms with van der Waals surface area (Å²) in [7, 11) is 0. The molecule has 1 unspecified atom stereocenters. The Hall–Kier alpha value is -1.30. The normalized spacial score (nSPS) is 19.4. The lowest BCUT2D eigenvalue weighted by Crippen LogP contribution is -2.43. The van der Waals surface area contributed by atoms with Crippen molar-refractivity contribution in [1.82, 2.24) is 4.90 Å². The van der Waals surface area contributed by atoms with E-state index in [0.29, 0.717) is 23.2 Å². The summed E-state index contributed by atoms with van der Waals surface area (Å²) in [6.45, 7) is 0.663. The van der Waals surface area contributed by atoms with Crippen molar-refractivity contribution < 1.29 is 19.1 Å². The summed E-state index contributed by atoms with van der Waals surface area (Å²) < 4.78 is 5.84. The number of aliphatic carboxylic acids is 1. The minimum absolute atomic E-state index is 0.00523. The molecule has 0 saturated carbocycles. The van der Waals surface area contributed by atoms with E-state index in [9.17, 15) is 9.59 Å². The van der Waals surface area contributed by atoms with Crippen molar-refractivity contribution in [3.8, 4) is 0 Å². The molecule has 1 fully saturated rings. The number of furan rings is 1. The van der Waals surface area contributed by atoms with Crippen LogP contribution in [-0.2, 0) is 4.79 Å². The van der Waals surface area contributed by atoms with Gasteiger partial charge in [-0.3, -0.25) is 9.59 Å². The number of carboxylic acid groups (broad SMARTS) is 1. The van der Waals surface area contributed by atoms with Crippen LogP contribution in [0.1, 0.15) is 42.7 Å². The van der Waals surface area contributed by atoms with Gasteiger partial charge in [-0.2, -0.15) is 0 Å². The van der Waals surface area contributed by atoms with Gasteiger partial charge in [0.15, 0.2) is 0 Å². The Labute approximate surface area is 119 Å². The number of rotatable bonds is 4. The Kier molecular flexibility index (Phi) is 4.63. The smallest absolute Gasteiger partial charge is 0.303 e. The van der Waals surface area contributed by atoms with E-state index in [0.717, 1.165) is 19.3 Å². The van der Waals surface area contributed by atoms with Gasteiger partial charge in [-0.15, -0.1) is 0 Å². The van der Waals surface area contributed by atoms with E-state index in [2.05, 4.69) is 15.9 Å². The SMILES string of the molecule is O=C(O)CCC1CCCCN1C(=O)c1occc1Br. The molecule has 1 aliphatic rings. The minimum atomic E-state index is -0.822. The summed E-state index contributed by atoms with van der Waals surface area (Å²) in [6, 6.07) is 1.68. The summed E-state index contributed by atoms with van der Waals surface area (Å²) >= 11 is 3.28. The molecule has 1 N–H and O–H groups in total. The van der Waals surface area contributed by atoms with E-state index in [-0.39, 0.29) is 18.4 Å². The molecule has 6 heteroatoms. The van der Waals surface area contributed by atoms with Crippen molar-refractivity contribution in [1.29, 1.82) is 0 Å². The highest BCUT2D eigenvalue weighted by molar-refractivity contribution is 9.10. The number of likely N-dealkylation sites (tertiary alicyclic amines) is 1. The quantitative estimate of drug-likeness (QED) is 0.921. The molecule has 2 rings (SSSR count). The lowest BCUT2D eigenvalue weighted by molar-refractivity contribution is -0.137. The first-order valence-electron chi connectivity index (χ1n) is 6.35. The Balaban J connectivity index is 2.08. The fraction of sp³-hybridized carbons (Fsp3) is 0.538. The molecular formula is C13H16BrNO4. The van der Waals surface area contributed by atoms with Gasteiger partial charge >= 0.3 is 5.97 Å². The van der Waals surface area contributed by atoms with Crippen LogP contribution < -0.4 is 0 Å². The summed E-state index contributed by atoms with van der Waals surface area (Å²) in [5.74, 6) is -0.689. The number of carbonyl (C=O) groups excluding carboxylic acids is 1. The maximum Gasteiger partial charge on any atom is 0.303 e. The number of nitrogens with zero attached hydrogens (tertiary/aromatic N) is 1. The van der Waals surface area contributed by atoms with Crippen LogP contribution in [0, 0.1) is 0 Å². The van der Waals surface area contributed by atoms with Crippen LogP contribution in [0.4, 0.5) is 0 Å². The van der Waals surface area contributed by atoms with Crippen LogP contribution in [0.2, 0.25) is 0 Å². The van der Waals surface area contributed by atoms with Crippen molar-refractivity contribution in [2.24, 2.45) is 0 Å². The molecule has 104 valence electrons. The monoisotopic (exact) mass is 329 g/mol. The Morgan fingerprint density at radius 1 is 1.47 bits per heavy atom. The third kappa shape index (κ3) is 3.37. The second-order valence-corrected chi connectivity index (χ2v) is 5.53. The molecule has 2 heterocycles. The van der Waals surface area contributed by atoms with E-state index in [1.807, 2.05) is 0 Å².